The molecule has 2 heteroatoms. The van der Waals surface area contributed by atoms with E-state index in [4.69, 9.17) is 5.11 Å². The highest BCUT2D eigenvalue weighted by Crippen LogP contribution is 2.45. The van der Waals surface area contributed by atoms with Gasteiger partial charge < -0.3 is 5.11 Å². The maximum atomic E-state index is 10.8. The minimum Gasteiger partial charge on any atom is -0.481 e. The molecule has 0 fully saturated rings. The van der Waals surface area contributed by atoms with Crippen LogP contribution in [0.15, 0.2) is 47.6 Å². The third-order valence-corrected chi connectivity index (χ3v) is 3.80. The number of carbonyl (C=O) groups is 1. The van der Waals surface area contributed by atoms with Gasteiger partial charge in [0.25, 0.3) is 0 Å². The first-order valence-electron chi connectivity index (χ1n) is 6.07. The average molecular weight is 230 g/mol. The highest BCUT2D eigenvalue weighted by atomic mass is 16.4. The van der Waals surface area contributed by atoms with E-state index in [1.807, 2.05) is 0 Å². The Balaban J connectivity index is 2.19. The molecule has 17 heavy (non-hydrogen) atoms. The lowest BCUT2D eigenvalue weighted by Gasteiger charge is -2.33. The van der Waals surface area contributed by atoms with E-state index in [1.165, 1.54) is 11.1 Å². The molecule has 1 N–H and O–H groups in total. The maximum absolute atomic E-state index is 10.8. The molecule has 0 spiro atoms. The van der Waals surface area contributed by atoms with Crippen LogP contribution in [0, 0.1) is 5.41 Å². The molecule has 0 aliphatic heterocycles. The molecule has 0 amide bonds. The summed E-state index contributed by atoms with van der Waals surface area (Å²) in [5.74, 6) is -0.714. The summed E-state index contributed by atoms with van der Waals surface area (Å²) in [6.45, 7) is 2.17. The monoisotopic (exact) mass is 230 g/mol. The highest BCUT2D eigenvalue weighted by molar-refractivity contribution is 5.67. The molecule has 0 unspecified atom stereocenters. The van der Waals surface area contributed by atoms with E-state index in [0.717, 1.165) is 12.8 Å². The van der Waals surface area contributed by atoms with Crippen LogP contribution in [0.2, 0.25) is 0 Å². The first kappa shape index (κ1) is 11.9. The fraction of sp³-hybridized carbons (Fsp3) is 0.400. The van der Waals surface area contributed by atoms with E-state index < -0.39 is 5.97 Å². The number of rotatable bonds is 5. The van der Waals surface area contributed by atoms with Crippen LogP contribution in [-0.2, 0) is 4.79 Å². The molecule has 90 valence electrons. The highest BCUT2D eigenvalue weighted by Gasteiger charge is 2.33. The zero-order chi connectivity index (χ0) is 12.3. The molecule has 0 aromatic carbocycles. The molecule has 0 saturated carbocycles. The van der Waals surface area contributed by atoms with Gasteiger partial charge in [0.05, 0.1) is 0 Å². The lowest BCUT2D eigenvalue weighted by atomic mass is 9.71. The van der Waals surface area contributed by atoms with E-state index in [9.17, 15) is 4.79 Å². The molecule has 2 aliphatic carbocycles. The summed E-state index contributed by atoms with van der Waals surface area (Å²) in [4.78, 5) is 10.8. The number of allylic oxidation sites excluding steroid dienone is 8. The average Bonchev–Trinajstić information content (AvgIpc) is 2.97. The molecule has 2 aliphatic rings. The number of hydrogen-bond acceptors (Lipinski definition) is 1. The van der Waals surface area contributed by atoms with Crippen LogP contribution in [0.1, 0.15) is 32.6 Å². The van der Waals surface area contributed by atoms with Crippen LogP contribution in [0.25, 0.3) is 0 Å². The standard InChI is InChI=1S/C15H18O2/c1-15(11-10-14(16)17,12-6-2-3-7-12)13-8-4-5-9-13/h2-6,8H,7,9-11H2,1H3,(H,16,17). The molecule has 0 bridgehead atoms. The van der Waals surface area contributed by atoms with Gasteiger partial charge in [0.15, 0.2) is 0 Å². The van der Waals surface area contributed by atoms with Gasteiger partial charge in [-0.3, -0.25) is 4.79 Å². The van der Waals surface area contributed by atoms with Crippen LogP contribution < -0.4 is 0 Å². The van der Waals surface area contributed by atoms with Gasteiger partial charge in [0, 0.05) is 11.8 Å². The molecule has 0 aromatic rings. The van der Waals surface area contributed by atoms with Crippen LogP contribution >= 0.6 is 0 Å². The summed E-state index contributed by atoms with van der Waals surface area (Å²) >= 11 is 0. The Morgan fingerprint density at radius 2 is 1.76 bits per heavy atom. The molecule has 0 heterocycles. The molecular formula is C15H18O2. The van der Waals surface area contributed by atoms with Crippen molar-refractivity contribution in [2.75, 3.05) is 0 Å². The summed E-state index contributed by atoms with van der Waals surface area (Å²) in [5.41, 5.74) is 2.59. The Bertz CT molecular complexity index is 406. The van der Waals surface area contributed by atoms with Gasteiger partial charge in [0.2, 0.25) is 0 Å². The Kier molecular flexibility index (Phi) is 3.32. The van der Waals surface area contributed by atoms with Crippen molar-refractivity contribution in [3.63, 3.8) is 0 Å². The molecule has 2 rings (SSSR count). The third kappa shape index (κ3) is 2.41. The lowest BCUT2D eigenvalue weighted by Crippen LogP contribution is -2.22. The van der Waals surface area contributed by atoms with Crippen LogP contribution in [0.5, 0.6) is 0 Å². The minimum atomic E-state index is -0.714. The van der Waals surface area contributed by atoms with Crippen LogP contribution in [0.4, 0.5) is 0 Å². The van der Waals surface area contributed by atoms with Crippen molar-refractivity contribution in [3.8, 4) is 0 Å². The van der Waals surface area contributed by atoms with E-state index >= 15 is 0 Å². The Hall–Kier alpha value is -1.57. The maximum Gasteiger partial charge on any atom is 0.303 e. The second-order valence-electron chi connectivity index (χ2n) is 4.87. The van der Waals surface area contributed by atoms with E-state index in [0.29, 0.717) is 6.42 Å². The lowest BCUT2D eigenvalue weighted by molar-refractivity contribution is -0.137. The largest absolute Gasteiger partial charge is 0.481 e. The number of carboxylic acid groups (broad SMARTS) is 1. The van der Waals surface area contributed by atoms with Gasteiger partial charge in [-0.15, -0.1) is 0 Å². The van der Waals surface area contributed by atoms with E-state index in [2.05, 4.69) is 43.4 Å². The van der Waals surface area contributed by atoms with Gasteiger partial charge in [-0.05, 0) is 19.3 Å². The normalized spacial score (nSPS) is 18.4. The predicted molar refractivity (Wildman–Crippen MR) is 68.7 cm³/mol. The quantitative estimate of drug-likeness (QED) is 0.783. The molecule has 0 aromatic heterocycles. The fourth-order valence-corrected chi connectivity index (χ4v) is 2.60. The van der Waals surface area contributed by atoms with Crippen molar-refractivity contribution in [1.82, 2.24) is 0 Å². The van der Waals surface area contributed by atoms with Crippen molar-refractivity contribution in [3.05, 3.63) is 47.6 Å². The Morgan fingerprint density at radius 3 is 2.12 bits per heavy atom. The summed E-state index contributed by atoms with van der Waals surface area (Å²) in [7, 11) is 0. The second kappa shape index (κ2) is 4.74. The summed E-state index contributed by atoms with van der Waals surface area (Å²) in [5, 5.41) is 8.89. The zero-order valence-electron chi connectivity index (χ0n) is 10.1. The molecule has 0 atom stereocenters. The predicted octanol–water partition coefficient (Wildman–Crippen LogP) is 3.63. The van der Waals surface area contributed by atoms with Gasteiger partial charge in [-0.2, -0.15) is 0 Å². The van der Waals surface area contributed by atoms with Crippen LogP contribution in [0.3, 0.4) is 0 Å². The number of carboxylic acids is 1. The fourth-order valence-electron chi connectivity index (χ4n) is 2.60. The SMILES string of the molecule is CC(CCC(=O)O)(C1=CC=CC1)C1=CC=CC1. The van der Waals surface area contributed by atoms with Gasteiger partial charge in [0.1, 0.15) is 0 Å². The van der Waals surface area contributed by atoms with Crippen LogP contribution in [-0.4, -0.2) is 11.1 Å². The molecule has 2 nitrogen and oxygen atoms in total. The minimum absolute atomic E-state index is 0.0919. The van der Waals surface area contributed by atoms with Crippen molar-refractivity contribution in [2.45, 2.75) is 32.6 Å². The first-order chi connectivity index (χ1) is 8.13. The Labute approximate surface area is 102 Å². The molecular weight excluding hydrogens is 212 g/mol. The topological polar surface area (TPSA) is 37.3 Å². The van der Waals surface area contributed by atoms with E-state index in [1.54, 1.807) is 0 Å². The summed E-state index contributed by atoms with van der Waals surface area (Å²) < 4.78 is 0. The number of aliphatic carboxylic acids is 1. The summed E-state index contributed by atoms with van der Waals surface area (Å²) in [6.07, 6.45) is 15.5. The van der Waals surface area contributed by atoms with Crippen molar-refractivity contribution in [1.29, 1.82) is 0 Å². The number of hydrogen-bond donors (Lipinski definition) is 1. The van der Waals surface area contributed by atoms with Gasteiger partial charge >= 0.3 is 5.97 Å². The van der Waals surface area contributed by atoms with Crippen molar-refractivity contribution in [2.24, 2.45) is 5.41 Å². The molecule has 0 saturated heterocycles. The second-order valence-corrected chi connectivity index (χ2v) is 4.87. The van der Waals surface area contributed by atoms with Crippen molar-refractivity contribution < 1.29 is 9.90 Å². The van der Waals surface area contributed by atoms with Gasteiger partial charge in [-0.1, -0.05) is 54.5 Å². The first-order valence-corrected chi connectivity index (χ1v) is 6.07. The zero-order valence-corrected chi connectivity index (χ0v) is 10.1. The van der Waals surface area contributed by atoms with E-state index in [-0.39, 0.29) is 11.8 Å². The Morgan fingerprint density at radius 1 is 1.24 bits per heavy atom. The smallest absolute Gasteiger partial charge is 0.303 e. The summed E-state index contributed by atoms with van der Waals surface area (Å²) in [6, 6.07) is 0. The van der Waals surface area contributed by atoms with Crippen molar-refractivity contribution >= 4 is 5.97 Å². The third-order valence-electron chi connectivity index (χ3n) is 3.80. The van der Waals surface area contributed by atoms with Gasteiger partial charge in [-0.25, -0.2) is 0 Å². The molecule has 0 radical (unpaired) electrons.